The zero-order valence-electron chi connectivity index (χ0n) is 12.3. The molecule has 0 bridgehead atoms. The summed E-state index contributed by atoms with van der Waals surface area (Å²) in [6.45, 7) is 3.71. The van der Waals surface area contributed by atoms with Crippen LogP contribution in [0.25, 0.3) is 10.9 Å². The Labute approximate surface area is 127 Å². The van der Waals surface area contributed by atoms with E-state index in [2.05, 4.69) is 15.3 Å². The van der Waals surface area contributed by atoms with Gasteiger partial charge in [0.15, 0.2) is 0 Å². The standard InChI is InChI=1S/C17H15N3O2/c1-10-11(2)16(21)20-15-8-13(5-6-14(10)15)19-17(22)12-4-3-7-18-9-12/h3-9H,1-2H3,(H,19,22)(H,20,21). The summed E-state index contributed by atoms with van der Waals surface area (Å²) in [5, 5.41) is 3.77. The Hall–Kier alpha value is -2.95. The van der Waals surface area contributed by atoms with Crippen molar-refractivity contribution in [3.63, 3.8) is 0 Å². The smallest absolute Gasteiger partial charge is 0.257 e. The summed E-state index contributed by atoms with van der Waals surface area (Å²) in [7, 11) is 0. The highest BCUT2D eigenvalue weighted by molar-refractivity contribution is 6.04. The number of aromatic amines is 1. The van der Waals surface area contributed by atoms with Crippen LogP contribution >= 0.6 is 0 Å². The van der Waals surface area contributed by atoms with Crippen molar-refractivity contribution in [3.05, 3.63) is 69.8 Å². The SMILES string of the molecule is Cc1c(C)c2ccc(NC(=O)c3cccnc3)cc2[nH]c1=O. The van der Waals surface area contributed by atoms with Crippen molar-refractivity contribution in [3.8, 4) is 0 Å². The minimum Gasteiger partial charge on any atom is -0.322 e. The van der Waals surface area contributed by atoms with Crippen molar-refractivity contribution >= 4 is 22.5 Å². The topological polar surface area (TPSA) is 74.8 Å². The van der Waals surface area contributed by atoms with E-state index in [4.69, 9.17) is 0 Å². The molecule has 0 aliphatic carbocycles. The van der Waals surface area contributed by atoms with Crippen molar-refractivity contribution < 1.29 is 4.79 Å². The maximum atomic E-state index is 12.1. The molecule has 0 saturated carbocycles. The number of amides is 1. The van der Waals surface area contributed by atoms with Gasteiger partial charge in [-0.3, -0.25) is 14.6 Å². The van der Waals surface area contributed by atoms with Crippen molar-refractivity contribution in [1.29, 1.82) is 0 Å². The second-order valence-corrected chi connectivity index (χ2v) is 5.16. The van der Waals surface area contributed by atoms with Gasteiger partial charge in [0, 0.05) is 29.0 Å². The van der Waals surface area contributed by atoms with Gasteiger partial charge in [-0.25, -0.2) is 0 Å². The van der Waals surface area contributed by atoms with Crippen molar-refractivity contribution in [2.24, 2.45) is 0 Å². The van der Waals surface area contributed by atoms with Crippen molar-refractivity contribution in [2.75, 3.05) is 5.32 Å². The van der Waals surface area contributed by atoms with Gasteiger partial charge in [0.25, 0.3) is 11.5 Å². The van der Waals surface area contributed by atoms with Crippen LogP contribution in [0, 0.1) is 13.8 Å². The van der Waals surface area contributed by atoms with Gasteiger partial charge < -0.3 is 10.3 Å². The molecule has 3 rings (SSSR count). The lowest BCUT2D eigenvalue weighted by atomic mass is 10.1. The van der Waals surface area contributed by atoms with Crippen LogP contribution in [0.4, 0.5) is 5.69 Å². The molecule has 5 heteroatoms. The van der Waals surface area contributed by atoms with Crippen LogP contribution in [0.2, 0.25) is 0 Å². The normalized spacial score (nSPS) is 10.6. The van der Waals surface area contributed by atoms with E-state index in [-0.39, 0.29) is 11.5 Å². The molecule has 1 amide bonds. The van der Waals surface area contributed by atoms with Gasteiger partial charge >= 0.3 is 0 Å². The van der Waals surface area contributed by atoms with Crippen LogP contribution in [0.5, 0.6) is 0 Å². The zero-order chi connectivity index (χ0) is 15.7. The lowest BCUT2D eigenvalue weighted by Crippen LogP contribution is -2.13. The van der Waals surface area contributed by atoms with Gasteiger partial charge in [-0.1, -0.05) is 6.07 Å². The molecular weight excluding hydrogens is 278 g/mol. The fourth-order valence-corrected chi connectivity index (χ4v) is 2.34. The monoisotopic (exact) mass is 293 g/mol. The molecule has 0 atom stereocenters. The van der Waals surface area contributed by atoms with Crippen molar-refractivity contribution in [1.82, 2.24) is 9.97 Å². The number of rotatable bonds is 2. The molecular formula is C17H15N3O2. The number of hydrogen-bond acceptors (Lipinski definition) is 3. The van der Waals surface area contributed by atoms with Crippen LogP contribution in [-0.2, 0) is 0 Å². The quantitative estimate of drug-likeness (QED) is 0.763. The zero-order valence-corrected chi connectivity index (χ0v) is 12.3. The van der Waals surface area contributed by atoms with Crippen LogP contribution in [0.15, 0.2) is 47.5 Å². The largest absolute Gasteiger partial charge is 0.322 e. The molecule has 2 heterocycles. The molecule has 0 radical (unpaired) electrons. The van der Waals surface area contributed by atoms with E-state index < -0.39 is 0 Å². The second-order valence-electron chi connectivity index (χ2n) is 5.16. The predicted octanol–water partition coefficient (Wildman–Crippen LogP) is 2.79. The van der Waals surface area contributed by atoms with Crippen molar-refractivity contribution in [2.45, 2.75) is 13.8 Å². The molecule has 2 aromatic heterocycles. The van der Waals surface area contributed by atoms with Crippen LogP contribution in [0.3, 0.4) is 0 Å². The fourth-order valence-electron chi connectivity index (χ4n) is 2.34. The molecule has 110 valence electrons. The van der Waals surface area contributed by atoms with E-state index in [0.717, 1.165) is 10.9 Å². The molecule has 1 aromatic carbocycles. The number of nitrogens with zero attached hydrogens (tertiary/aromatic N) is 1. The maximum Gasteiger partial charge on any atom is 0.257 e. The lowest BCUT2D eigenvalue weighted by molar-refractivity contribution is 0.102. The number of aryl methyl sites for hydroxylation is 1. The highest BCUT2D eigenvalue weighted by Gasteiger charge is 2.09. The number of benzene rings is 1. The number of anilines is 1. The fraction of sp³-hybridized carbons (Fsp3) is 0.118. The summed E-state index contributed by atoms with van der Waals surface area (Å²) in [6, 6.07) is 8.88. The molecule has 5 nitrogen and oxygen atoms in total. The summed E-state index contributed by atoms with van der Waals surface area (Å²) in [4.78, 5) is 30.7. The second kappa shape index (κ2) is 5.44. The third kappa shape index (κ3) is 2.48. The predicted molar refractivity (Wildman–Crippen MR) is 86.2 cm³/mol. The maximum absolute atomic E-state index is 12.1. The van der Waals surface area contributed by atoms with E-state index in [1.54, 1.807) is 31.3 Å². The molecule has 3 aromatic rings. The van der Waals surface area contributed by atoms with Gasteiger partial charge in [-0.05, 0) is 43.7 Å². The number of aromatic nitrogens is 2. The molecule has 22 heavy (non-hydrogen) atoms. The molecule has 0 fully saturated rings. The molecule has 0 saturated heterocycles. The molecule has 2 N–H and O–H groups in total. The number of carbonyl (C=O) groups is 1. The van der Waals surface area contributed by atoms with Crippen LogP contribution in [-0.4, -0.2) is 15.9 Å². The lowest BCUT2D eigenvalue weighted by Gasteiger charge is -2.09. The minimum absolute atomic E-state index is 0.110. The molecule has 0 unspecified atom stereocenters. The summed E-state index contributed by atoms with van der Waals surface area (Å²) in [6.07, 6.45) is 3.12. The first kappa shape index (κ1) is 14.0. The summed E-state index contributed by atoms with van der Waals surface area (Å²) in [5.41, 5.74) is 3.36. The number of pyridine rings is 2. The highest BCUT2D eigenvalue weighted by Crippen LogP contribution is 2.21. The first-order valence-electron chi connectivity index (χ1n) is 6.91. The van der Waals surface area contributed by atoms with Gasteiger partial charge in [-0.2, -0.15) is 0 Å². The van der Waals surface area contributed by atoms with Crippen LogP contribution < -0.4 is 10.9 Å². The Morgan fingerprint density at radius 1 is 1.18 bits per heavy atom. The number of carbonyl (C=O) groups excluding carboxylic acids is 1. The Bertz CT molecular complexity index is 914. The van der Waals surface area contributed by atoms with E-state index >= 15 is 0 Å². The van der Waals surface area contributed by atoms with Gasteiger partial charge in [0.2, 0.25) is 0 Å². The molecule has 0 spiro atoms. The van der Waals surface area contributed by atoms with E-state index in [1.807, 2.05) is 19.1 Å². The van der Waals surface area contributed by atoms with Crippen LogP contribution in [0.1, 0.15) is 21.5 Å². The summed E-state index contributed by atoms with van der Waals surface area (Å²) < 4.78 is 0. The Balaban J connectivity index is 1.98. The number of fused-ring (bicyclic) bond motifs is 1. The average molecular weight is 293 g/mol. The first-order valence-corrected chi connectivity index (χ1v) is 6.91. The average Bonchev–Trinajstić information content (AvgIpc) is 2.53. The summed E-state index contributed by atoms with van der Waals surface area (Å²) in [5.74, 6) is -0.237. The third-order valence-corrected chi connectivity index (χ3v) is 3.76. The molecule has 0 aliphatic rings. The van der Waals surface area contributed by atoms with Gasteiger partial charge in [0.05, 0.1) is 11.1 Å². The van der Waals surface area contributed by atoms with Gasteiger partial charge in [-0.15, -0.1) is 0 Å². The Kier molecular flexibility index (Phi) is 3.47. The minimum atomic E-state index is -0.237. The summed E-state index contributed by atoms with van der Waals surface area (Å²) >= 11 is 0. The first-order chi connectivity index (χ1) is 10.6. The van der Waals surface area contributed by atoms with E-state index in [1.165, 1.54) is 6.20 Å². The Morgan fingerprint density at radius 2 is 2.00 bits per heavy atom. The number of hydrogen-bond donors (Lipinski definition) is 2. The Morgan fingerprint density at radius 3 is 2.73 bits per heavy atom. The third-order valence-electron chi connectivity index (χ3n) is 3.76. The highest BCUT2D eigenvalue weighted by atomic mass is 16.1. The molecule has 0 aliphatic heterocycles. The number of nitrogens with one attached hydrogen (secondary N) is 2. The van der Waals surface area contributed by atoms with E-state index in [9.17, 15) is 9.59 Å². The van der Waals surface area contributed by atoms with Gasteiger partial charge in [0.1, 0.15) is 0 Å². The number of H-pyrrole nitrogens is 1. The van der Waals surface area contributed by atoms with E-state index in [0.29, 0.717) is 22.3 Å².